The van der Waals surface area contributed by atoms with Crippen LogP contribution in [0.1, 0.15) is 86.1 Å². The molecule has 0 aliphatic carbocycles. The van der Waals surface area contributed by atoms with Crippen LogP contribution in [-0.4, -0.2) is 10.5 Å². The Morgan fingerprint density at radius 3 is 1.09 bits per heavy atom. The lowest BCUT2D eigenvalue weighted by Crippen LogP contribution is -2.13. The van der Waals surface area contributed by atoms with E-state index in [0.29, 0.717) is 5.71 Å². The molecule has 0 radical (unpaired) electrons. The van der Waals surface area contributed by atoms with Crippen molar-refractivity contribution in [2.75, 3.05) is 0 Å². The number of rotatable bonds is 4. The van der Waals surface area contributed by atoms with Crippen LogP contribution in [0.15, 0.2) is 120 Å². The summed E-state index contributed by atoms with van der Waals surface area (Å²) in [6.45, 7) is 22.6. The van der Waals surface area contributed by atoms with Crippen molar-refractivity contribution >= 4 is 64.7 Å². The summed E-state index contributed by atoms with van der Waals surface area (Å²) in [5, 5.41) is 8.69. The van der Waals surface area contributed by atoms with Gasteiger partial charge in [0.1, 0.15) is 0 Å². The molecule has 2 nitrogen and oxygen atoms in total. The van der Waals surface area contributed by atoms with Crippen LogP contribution in [0.2, 0.25) is 0 Å². The molecule has 0 bridgehead atoms. The molecule has 0 fully saturated rings. The Bertz CT molecular complexity index is 2880. The van der Waals surface area contributed by atoms with Gasteiger partial charge in [0.15, 0.2) is 0 Å². The highest BCUT2D eigenvalue weighted by molar-refractivity contribution is 9.10. The first-order chi connectivity index (χ1) is 26.6. The molecular formula is C53H49BrN2. The maximum Gasteiger partial charge on any atom is 0.332 e. The number of hydrogen-bond donors (Lipinski definition) is 0. The fraction of sp³-hybridized carbons (Fsp3) is 0.226. The lowest BCUT2D eigenvalue weighted by molar-refractivity contribution is -0.00233. The molecule has 0 unspecified atom stereocenters. The lowest BCUT2D eigenvalue weighted by Gasteiger charge is -2.25. The van der Waals surface area contributed by atoms with Gasteiger partial charge in [0.25, 0.3) is 0 Å². The monoisotopic (exact) mass is 792 g/mol. The van der Waals surface area contributed by atoms with Crippen molar-refractivity contribution in [1.82, 2.24) is 0 Å². The van der Waals surface area contributed by atoms with Gasteiger partial charge in [-0.25, -0.2) is 0 Å². The molecule has 0 atom stereocenters. The molecule has 0 heterocycles. The van der Waals surface area contributed by atoms with Gasteiger partial charge in [-0.2, -0.15) is 4.79 Å². The second kappa shape index (κ2) is 13.7. The van der Waals surface area contributed by atoms with E-state index < -0.39 is 0 Å². The summed E-state index contributed by atoms with van der Waals surface area (Å²) in [7, 11) is 0. The summed E-state index contributed by atoms with van der Waals surface area (Å²) in [6, 6.07) is 41.9. The summed E-state index contributed by atoms with van der Waals surface area (Å²) in [4.78, 5) is 4.31. The zero-order chi connectivity index (χ0) is 39.8. The molecule has 278 valence electrons. The number of halogens is 1. The quantitative estimate of drug-likeness (QED) is 0.0737. The Hall–Kier alpha value is -5.34. The standard InChI is InChI=1S/C53H49BrN2/c1-30-25-34(52(5,6)7)26-31(2)45(30)47-37-17-11-14-20-40(37)49(41-21-15-12-18-38(41)47)51(56-55)50-42-22-16-13-19-39(42)48(44-29-36(54)23-24-43(44)50)46-32(3)27-35(28-33(46)4)53(8,9)10/h11-29H,1-10H3. The molecule has 3 heteroatoms. The zero-order valence-electron chi connectivity index (χ0n) is 34.2. The molecule has 0 amide bonds. The fourth-order valence-corrected chi connectivity index (χ4v) is 9.50. The van der Waals surface area contributed by atoms with E-state index in [1.54, 1.807) is 0 Å². The van der Waals surface area contributed by atoms with Gasteiger partial charge >= 0.3 is 5.71 Å². The van der Waals surface area contributed by atoms with Gasteiger partial charge in [-0.1, -0.05) is 161 Å². The minimum absolute atomic E-state index is 0.0337. The number of benzene rings is 8. The van der Waals surface area contributed by atoms with Crippen LogP contribution in [0.25, 0.3) is 70.9 Å². The maximum absolute atomic E-state index is 11.5. The van der Waals surface area contributed by atoms with Crippen molar-refractivity contribution < 1.29 is 4.79 Å². The minimum Gasteiger partial charge on any atom is -0.361 e. The number of hydrogen-bond acceptors (Lipinski definition) is 0. The summed E-state index contributed by atoms with van der Waals surface area (Å²) in [6.07, 6.45) is 0. The van der Waals surface area contributed by atoms with Crippen LogP contribution >= 0.6 is 15.9 Å². The van der Waals surface area contributed by atoms with E-state index in [0.717, 1.165) is 58.7 Å². The summed E-state index contributed by atoms with van der Waals surface area (Å²) in [5.74, 6) is 0. The first-order valence-electron chi connectivity index (χ1n) is 19.6. The summed E-state index contributed by atoms with van der Waals surface area (Å²) < 4.78 is 1.00. The Morgan fingerprint density at radius 2 is 0.750 bits per heavy atom. The van der Waals surface area contributed by atoms with E-state index in [2.05, 4.69) is 205 Å². The Labute approximate surface area is 340 Å². The van der Waals surface area contributed by atoms with Gasteiger partial charge < -0.3 is 5.53 Å². The molecular weight excluding hydrogens is 745 g/mol. The molecule has 0 aromatic heterocycles. The van der Waals surface area contributed by atoms with E-state index in [1.807, 2.05) is 0 Å². The van der Waals surface area contributed by atoms with Crippen molar-refractivity contribution in [3.8, 4) is 22.3 Å². The Morgan fingerprint density at radius 1 is 0.429 bits per heavy atom. The van der Waals surface area contributed by atoms with Crippen molar-refractivity contribution in [3.05, 3.63) is 170 Å². The van der Waals surface area contributed by atoms with Gasteiger partial charge in [0.2, 0.25) is 0 Å². The molecule has 0 aliphatic heterocycles. The SMILES string of the molecule is Cc1cc(C(C)(C)C)cc(C)c1-c1c2ccccc2c(C(=[N+]=[N-])c2c3ccccc3c(-c3c(C)cc(C(C)(C)C)cc3C)c3cc(Br)ccc23)c2ccccc12. The molecule has 0 saturated heterocycles. The highest BCUT2D eigenvalue weighted by atomic mass is 79.9. The van der Waals surface area contributed by atoms with Crippen LogP contribution in [0.5, 0.6) is 0 Å². The van der Waals surface area contributed by atoms with Crippen LogP contribution in [0.3, 0.4) is 0 Å². The van der Waals surface area contributed by atoms with E-state index in [9.17, 15) is 5.53 Å². The highest BCUT2D eigenvalue weighted by Gasteiger charge is 2.31. The zero-order valence-corrected chi connectivity index (χ0v) is 35.8. The normalized spacial score (nSPS) is 12.2. The topological polar surface area (TPSA) is 36.4 Å². The third kappa shape index (κ3) is 6.10. The summed E-state index contributed by atoms with van der Waals surface area (Å²) in [5.41, 5.74) is 26.5. The third-order valence-corrected chi connectivity index (χ3v) is 12.3. The lowest BCUT2D eigenvalue weighted by atomic mass is 9.78. The van der Waals surface area contributed by atoms with Crippen LogP contribution in [-0.2, 0) is 10.8 Å². The van der Waals surface area contributed by atoms with E-state index in [-0.39, 0.29) is 10.8 Å². The predicted octanol–water partition coefficient (Wildman–Crippen LogP) is 15.3. The number of fused-ring (bicyclic) bond motifs is 4. The second-order valence-electron chi connectivity index (χ2n) is 17.7. The number of nitrogens with zero attached hydrogens (tertiary/aromatic N) is 2. The van der Waals surface area contributed by atoms with Crippen molar-refractivity contribution in [3.63, 3.8) is 0 Å². The molecule has 56 heavy (non-hydrogen) atoms. The largest absolute Gasteiger partial charge is 0.361 e. The van der Waals surface area contributed by atoms with Gasteiger partial charge in [-0.15, -0.1) is 0 Å². The highest BCUT2D eigenvalue weighted by Crippen LogP contribution is 2.47. The maximum atomic E-state index is 11.5. The Kier molecular flexibility index (Phi) is 9.19. The van der Waals surface area contributed by atoms with E-state index >= 15 is 0 Å². The van der Waals surface area contributed by atoms with E-state index in [4.69, 9.17) is 0 Å². The molecule has 8 rings (SSSR count). The molecule has 8 aromatic rings. The first kappa shape index (κ1) is 37.6. The van der Waals surface area contributed by atoms with Gasteiger partial charge in [0.05, 0.1) is 11.1 Å². The molecule has 0 saturated carbocycles. The van der Waals surface area contributed by atoms with Crippen molar-refractivity contribution in [1.29, 1.82) is 0 Å². The summed E-state index contributed by atoms with van der Waals surface area (Å²) >= 11 is 3.84. The molecule has 0 N–H and O–H groups in total. The fourth-order valence-electron chi connectivity index (χ4n) is 9.13. The van der Waals surface area contributed by atoms with Gasteiger partial charge in [-0.3, -0.25) is 0 Å². The van der Waals surface area contributed by atoms with Crippen LogP contribution < -0.4 is 0 Å². The average Bonchev–Trinajstić information content (AvgIpc) is 3.14. The number of aryl methyl sites for hydroxylation is 4. The molecule has 0 aliphatic rings. The molecule has 0 spiro atoms. The van der Waals surface area contributed by atoms with E-state index in [1.165, 1.54) is 55.6 Å². The minimum atomic E-state index is 0.0337. The second-order valence-corrected chi connectivity index (χ2v) is 18.7. The Balaban J connectivity index is 1.50. The third-order valence-electron chi connectivity index (χ3n) is 11.8. The van der Waals surface area contributed by atoms with Gasteiger partial charge in [0, 0.05) is 4.47 Å². The van der Waals surface area contributed by atoms with Crippen LogP contribution in [0.4, 0.5) is 0 Å². The smallest absolute Gasteiger partial charge is 0.332 e. The van der Waals surface area contributed by atoms with Gasteiger partial charge in [-0.05, 0) is 149 Å². The predicted molar refractivity (Wildman–Crippen MR) is 245 cm³/mol. The molecule has 8 aromatic carbocycles. The average molecular weight is 794 g/mol. The van der Waals surface area contributed by atoms with Crippen molar-refractivity contribution in [2.24, 2.45) is 0 Å². The van der Waals surface area contributed by atoms with Crippen LogP contribution in [0, 0.1) is 27.7 Å². The van der Waals surface area contributed by atoms with Crippen molar-refractivity contribution in [2.45, 2.75) is 80.1 Å². The first-order valence-corrected chi connectivity index (χ1v) is 20.4.